The Hall–Kier alpha value is -2.34. The van der Waals surface area contributed by atoms with Crippen LogP contribution in [0.4, 0.5) is 11.6 Å². The highest BCUT2D eigenvalue weighted by atomic mass is 35.5. The van der Waals surface area contributed by atoms with E-state index in [1.807, 2.05) is 6.07 Å². The first-order chi connectivity index (χ1) is 9.10. The second-order valence-electron chi connectivity index (χ2n) is 3.68. The Kier molecular flexibility index (Phi) is 3.82. The maximum atomic E-state index is 11.8. The third-order valence-electron chi connectivity index (χ3n) is 2.33. The fourth-order valence-corrected chi connectivity index (χ4v) is 1.64. The molecule has 0 saturated heterocycles. The number of hydrogen-bond donors (Lipinski definition) is 1. The summed E-state index contributed by atoms with van der Waals surface area (Å²) < 4.78 is 4.80. The Labute approximate surface area is 113 Å². The minimum atomic E-state index is -0.703. The summed E-state index contributed by atoms with van der Waals surface area (Å²) in [6, 6.07) is 9.34. The van der Waals surface area contributed by atoms with Gasteiger partial charge in [0.15, 0.2) is 5.76 Å². The van der Waals surface area contributed by atoms with Crippen LogP contribution in [0, 0.1) is 10.1 Å². The number of carbonyl (C=O) groups excluding carboxylic acids is 1. The number of carbonyl (C=O) groups is 1. The summed E-state index contributed by atoms with van der Waals surface area (Å²) in [7, 11) is 0. The molecule has 7 heteroatoms. The first kappa shape index (κ1) is 13.1. The van der Waals surface area contributed by atoms with E-state index >= 15 is 0 Å². The molecule has 0 unspecified atom stereocenters. The van der Waals surface area contributed by atoms with Crippen LogP contribution in [-0.4, -0.2) is 10.8 Å². The van der Waals surface area contributed by atoms with E-state index in [1.165, 1.54) is 6.07 Å². The van der Waals surface area contributed by atoms with Crippen molar-refractivity contribution in [2.45, 2.75) is 5.88 Å². The highest BCUT2D eigenvalue weighted by molar-refractivity contribution is 6.17. The summed E-state index contributed by atoms with van der Waals surface area (Å²) >= 11 is 5.68. The van der Waals surface area contributed by atoms with E-state index in [0.717, 1.165) is 11.6 Å². The average molecular weight is 281 g/mol. The van der Waals surface area contributed by atoms with Crippen molar-refractivity contribution in [1.29, 1.82) is 0 Å². The fraction of sp³-hybridized carbons (Fsp3) is 0.0833. The number of halogens is 1. The molecule has 0 radical (unpaired) electrons. The van der Waals surface area contributed by atoms with Gasteiger partial charge in [-0.3, -0.25) is 14.9 Å². The summed E-state index contributed by atoms with van der Waals surface area (Å²) in [6.45, 7) is 0. The molecule has 0 saturated carbocycles. The molecular weight excluding hydrogens is 272 g/mol. The van der Waals surface area contributed by atoms with Gasteiger partial charge in [-0.25, -0.2) is 0 Å². The predicted molar refractivity (Wildman–Crippen MR) is 69.3 cm³/mol. The zero-order valence-electron chi connectivity index (χ0n) is 9.63. The molecule has 1 heterocycles. The van der Waals surface area contributed by atoms with E-state index in [1.54, 1.807) is 18.2 Å². The number of anilines is 1. The SMILES string of the molecule is O=C(Nc1cccc(CCl)c1)c1ccc([N+](=O)[O-])o1. The second kappa shape index (κ2) is 5.53. The maximum absolute atomic E-state index is 11.8. The number of alkyl halides is 1. The van der Waals surface area contributed by atoms with Gasteiger partial charge in [0.1, 0.15) is 4.92 Å². The fourth-order valence-electron chi connectivity index (χ4n) is 1.47. The van der Waals surface area contributed by atoms with Gasteiger partial charge < -0.3 is 9.73 Å². The third-order valence-corrected chi connectivity index (χ3v) is 2.64. The van der Waals surface area contributed by atoms with Crippen LogP contribution < -0.4 is 5.32 Å². The number of rotatable bonds is 4. The van der Waals surface area contributed by atoms with E-state index in [2.05, 4.69) is 5.32 Å². The van der Waals surface area contributed by atoms with Gasteiger partial charge in [0.25, 0.3) is 5.91 Å². The predicted octanol–water partition coefficient (Wildman–Crippen LogP) is 3.18. The molecule has 98 valence electrons. The lowest BCUT2D eigenvalue weighted by Gasteiger charge is -2.04. The minimum Gasteiger partial charge on any atom is -0.395 e. The zero-order valence-corrected chi connectivity index (χ0v) is 10.4. The monoisotopic (exact) mass is 280 g/mol. The maximum Gasteiger partial charge on any atom is 0.433 e. The Morgan fingerprint density at radius 1 is 1.37 bits per heavy atom. The van der Waals surface area contributed by atoms with Gasteiger partial charge >= 0.3 is 5.88 Å². The number of nitrogens with one attached hydrogen (secondary N) is 1. The molecule has 1 N–H and O–H groups in total. The van der Waals surface area contributed by atoms with Crippen molar-refractivity contribution in [3.63, 3.8) is 0 Å². The molecule has 0 bridgehead atoms. The van der Waals surface area contributed by atoms with Crippen LogP contribution in [0.1, 0.15) is 16.1 Å². The summed E-state index contributed by atoms with van der Waals surface area (Å²) in [5.74, 6) is -0.821. The zero-order chi connectivity index (χ0) is 13.8. The van der Waals surface area contributed by atoms with Gasteiger partial charge in [0, 0.05) is 11.6 Å². The van der Waals surface area contributed by atoms with E-state index in [4.69, 9.17) is 16.0 Å². The average Bonchev–Trinajstić information content (AvgIpc) is 2.89. The summed E-state index contributed by atoms with van der Waals surface area (Å²) in [5.41, 5.74) is 1.40. The number of furan rings is 1. The summed E-state index contributed by atoms with van der Waals surface area (Å²) in [5, 5.41) is 13.0. The van der Waals surface area contributed by atoms with Crippen LogP contribution in [0.3, 0.4) is 0 Å². The van der Waals surface area contributed by atoms with Gasteiger partial charge in [-0.2, -0.15) is 0 Å². The van der Waals surface area contributed by atoms with Crippen molar-refractivity contribution in [2.24, 2.45) is 0 Å². The molecule has 1 aromatic heterocycles. The topological polar surface area (TPSA) is 85.4 Å². The molecule has 2 aromatic rings. The van der Waals surface area contributed by atoms with Crippen LogP contribution in [0.5, 0.6) is 0 Å². The number of benzene rings is 1. The van der Waals surface area contributed by atoms with E-state index < -0.39 is 16.7 Å². The number of hydrogen-bond acceptors (Lipinski definition) is 4. The minimum absolute atomic E-state index is 0.122. The Balaban J connectivity index is 2.13. The van der Waals surface area contributed by atoms with Crippen molar-refractivity contribution in [3.05, 3.63) is 57.8 Å². The van der Waals surface area contributed by atoms with Crippen molar-refractivity contribution >= 4 is 29.1 Å². The molecule has 0 spiro atoms. The smallest absolute Gasteiger partial charge is 0.395 e. The van der Waals surface area contributed by atoms with Crippen LogP contribution in [-0.2, 0) is 5.88 Å². The molecular formula is C12H9ClN2O4. The van der Waals surface area contributed by atoms with Gasteiger partial charge in [0.05, 0.1) is 6.07 Å². The van der Waals surface area contributed by atoms with Crippen molar-refractivity contribution in [3.8, 4) is 0 Å². The molecule has 1 aromatic carbocycles. The molecule has 0 aliphatic carbocycles. The molecule has 19 heavy (non-hydrogen) atoms. The van der Waals surface area contributed by atoms with Crippen LogP contribution in [0.2, 0.25) is 0 Å². The molecule has 0 aliphatic rings. The third kappa shape index (κ3) is 3.11. The van der Waals surface area contributed by atoms with Gasteiger partial charge in [-0.05, 0) is 23.8 Å². The Morgan fingerprint density at radius 2 is 2.16 bits per heavy atom. The lowest BCUT2D eigenvalue weighted by atomic mass is 10.2. The Morgan fingerprint density at radius 3 is 2.79 bits per heavy atom. The van der Waals surface area contributed by atoms with Crippen molar-refractivity contribution in [1.82, 2.24) is 0 Å². The van der Waals surface area contributed by atoms with Gasteiger partial charge in [-0.15, -0.1) is 11.6 Å². The Bertz CT molecular complexity index is 624. The van der Waals surface area contributed by atoms with Gasteiger partial charge in [0.2, 0.25) is 0 Å². The number of nitro groups is 1. The second-order valence-corrected chi connectivity index (χ2v) is 3.95. The molecule has 0 aliphatic heterocycles. The molecule has 2 rings (SSSR count). The first-order valence-electron chi connectivity index (χ1n) is 5.30. The van der Waals surface area contributed by atoms with Crippen LogP contribution in [0.25, 0.3) is 0 Å². The summed E-state index contributed by atoms with van der Waals surface area (Å²) in [6.07, 6.45) is 0. The van der Waals surface area contributed by atoms with Crippen LogP contribution in [0.15, 0.2) is 40.8 Å². The standard InChI is InChI=1S/C12H9ClN2O4/c13-7-8-2-1-3-9(6-8)14-12(16)10-4-5-11(19-10)15(17)18/h1-6H,7H2,(H,14,16). The number of nitrogens with zero attached hydrogens (tertiary/aromatic N) is 1. The van der Waals surface area contributed by atoms with Gasteiger partial charge in [-0.1, -0.05) is 12.1 Å². The normalized spacial score (nSPS) is 10.2. The molecule has 0 atom stereocenters. The molecule has 0 fully saturated rings. The molecule has 1 amide bonds. The summed E-state index contributed by atoms with van der Waals surface area (Å²) in [4.78, 5) is 21.5. The van der Waals surface area contributed by atoms with Crippen LogP contribution >= 0.6 is 11.6 Å². The van der Waals surface area contributed by atoms with Crippen molar-refractivity contribution in [2.75, 3.05) is 5.32 Å². The largest absolute Gasteiger partial charge is 0.433 e. The highest BCUT2D eigenvalue weighted by Crippen LogP contribution is 2.18. The highest BCUT2D eigenvalue weighted by Gasteiger charge is 2.17. The van der Waals surface area contributed by atoms with E-state index in [-0.39, 0.29) is 5.76 Å². The lowest BCUT2D eigenvalue weighted by Crippen LogP contribution is -2.10. The quantitative estimate of drug-likeness (QED) is 0.529. The lowest BCUT2D eigenvalue weighted by molar-refractivity contribution is -0.402. The van der Waals surface area contributed by atoms with E-state index in [9.17, 15) is 14.9 Å². The van der Waals surface area contributed by atoms with E-state index in [0.29, 0.717) is 11.6 Å². The first-order valence-corrected chi connectivity index (χ1v) is 5.84. The number of amides is 1. The molecule has 6 nitrogen and oxygen atoms in total. The van der Waals surface area contributed by atoms with Crippen molar-refractivity contribution < 1.29 is 14.1 Å².